The number of carbonyl (C=O) groups excluding carboxylic acids is 1. The molecule has 0 radical (unpaired) electrons. The summed E-state index contributed by atoms with van der Waals surface area (Å²) in [5.41, 5.74) is 0.280. The summed E-state index contributed by atoms with van der Waals surface area (Å²) in [7, 11) is 2.93. The first-order valence-electron chi connectivity index (χ1n) is 9.28. The predicted molar refractivity (Wildman–Crippen MR) is 106 cm³/mol. The lowest BCUT2D eigenvalue weighted by Gasteiger charge is -2.20. The Balaban J connectivity index is 2.04. The van der Waals surface area contributed by atoms with Gasteiger partial charge in [0.1, 0.15) is 0 Å². The summed E-state index contributed by atoms with van der Waals surface area (Å²) >= 11 is 0. The highest BCUT2D eigenvalue weighted by molar-refractivity contribution is 5.74. The highest BCUT2D eigenvalue weighted by Crippen LogP contribution is 2.31. The van der Waals surface area contributed by atoms with E-state index in [1.165, 1.54) is 26.4 Å². The third kappa shape index (κ3) is 6.55. The molecule has 0 spiro atoms. The number of urea groups is 1. The van der Waals surface area contributed by atoms with Gasteiger partial charge >= 0.3 is 12.2 Å². The fourth-order valence-electron chi connectivity index (χ4n) is 2.81. The van der Waals surface area contributed by atoms with Gasteiger partial charge in [-0.1, -0.05) is 18.2 Å². The number of hydrogen-bond donors (Lipinski definition) is 2. The molecule has 1 unspecified atom stereocenters. The Hall–Kier alpha value is -2.94. The molecular weight excluding hydrogens is 401 g/mol. The fraction of sp³-hybridized carbons (Fsp3) is 0.381. The Kier molecular flexibility index (Phi) is 8.35. The third-order valence-electron chi connectivity index (χ3n) is 4.24. The van der Waals surface area contributed by atoms with E-state index >= 15 is 0 Å². The third-order valence-corrected chi connectivity index (χ3v) is 4.24. The van der Waals surface area contributed by atoms with E-state index in [0.29, 0.717) is 23.7 Å². The van der Waals surface area contributed by atoms with Crippen molar-refractivity contribution in [3.8, 4) is 11.5 Å². The number of rotatable bonds is 9. The number of ether oxygens (including phenoxy) is 3. The lowest BCUT2D eigenvalue weighted by molar-refractivity contribution is -0.137. The van der Waals surface area contributed by atoms with Crippen molar-refractivity contribution in [2.24, 2.45) is 0 Å². The zero-order valence-corrected chi connectivity index (χ0v) is 17.0. The molecule has 6 nitrogen and oxygen atoms in total. The van der Waals surface area contributed by atoms with Crippen LogP contribution in [0.25, 0.3) is 0 Å². The minimum Gasteiger partial charge on any atom is -0.493 e. The van der Waals surface area contributed by atoms with E-state index < -0.39 is 23.8 Å². The molecule has 0 aromatic heterocycles. The van der Waals surface area contributed by atoms with E-state index in [2.05, 4.69) is 10.6 Å². The van der Waals surface area contributed by atoms with Crippen LogP contribution in [0.2, 0.25) is 0 Å². The van der Waals surface area contributed by atoms with Gasteiger partial charge in [-0.15, -0.1) is 0 Å². The first-order chi connectivity index (χ1) is 14.3. The number of alkyl halides is 3. The van der Waals surface area contributed by atoms with E-state index in [0.717, 1.165) is 17.7 Å². The van der Waals surface area contributed by atoms with Crippen molar-refractivity contribution in [1.82, 2.24) is 10.6 Å². The maximum Gasteiger partial charge on any atom is 0.416 e. The van der Waals surface area contributed by atoms with Crippen LogP contribution in [0.3, 0.4) is 0 Å². The smallest absolute Gasteiger partial charge is 0.416 e. The van der Waals surface area contributed by atoms with Crippen molar-refractivity contribution < 1.29 is 32.2 Å². The minimum atomic E-state index is -4.47. The van der Waals surface area contributed by atoms with Crippen molar-refractivity contribution in [2.45, 2.75) is 25.7 Å². The van der Waals surface area contributed by atoms with Gasteiger partial charge in [-0.05, 0) is 42.3 Å². The van der Waals surface area contributed by atoms with Gasteiger partial charge in [0.2, 0.25) is 0 Å². The molecule has 164 valence electrons. The molecule has 0 saturated carbocycles. The van der Waals surface area contributed by atoms with Gasteiger partial charge in [-0.25, -0.2) is 4.79 Å². The topological polar surface area (TPSA) is 68.8 Å². The summed E-state index contributed by atoms with van der Waals surface area (Å²) in [5, 5.41) is 5.33. The first kappa shape index (κ1) is 23.3. The van der Waals surface area contributed by atoms with E-state index in [9.17, 15) is 18.0 Å². The van der Waals surface area contributed by atoms with Crippen LogP contribution < -0.4 is 20.1 Å². The quantitative estimate of drug-likeness (QED) is 0.627. The fourth-order valence-corrected chi connectivity index (χ4v) is 2.81. The molecule has 2 aromatic carbocycles. The van der Waals surface area contributed by atoms with Crippen LogP contribution in [0.1, 0.15) is 29.7 Å². The maximum absolute atomic E-state index is 13.0. The molecular formula is C21H25F3N2O4. The summed E-state index contributed by atoms with van der Waals surface area (Å²) in [4.78, 5) is 12.3. The van der Waals surface area contributed by atoms with Gasteiger partial charge in [-0.3, -0.25) is 0 Å². The second kappa shape index (κ2) is 10.7. The molecule has 0 bridgehead atoms. The monoisotopic (exact) mass is 426 g/mol. The highest BCUT2D eigenvalue weighted by atomic mass is 19.4. The molecule has 0 heterocycles. The molecule has 0 fully saturated rings. The Bertz CT molecular complexity index is 843. The van der Waals surface area contributed by atoms with Crippen molar-refractivity contribution in [3.63, 3.8) is 0 Å². The summed E-state index contributed by atoms with van der Waals surface area (Å²) < 4.78 is 54.7. The van der Waals surface area contributed by atoms with Crippen molar-refractivity contribution >= 4 is 6.03 Å². The van der Waals surface area contributed by atoms with E-state index in [4.69, 9.17) is 14.2 Å². The number of benzene rings is 2. The van der Waals surface area contributed by atoms with Crippen molar-refractivity contribution in [3.05, 3.63) is 59.2 Å². The average Bonchev–Trinajstić information content (AvgIpc) is 2.72. The number of carbonyl (C=O) groups is 1. The van der Waals surface area contributed by atoms with Crippen LogP contribution in [-0.2, 0) is 17.5 Å². The molecule has 0 aliphatic heterocycles. The molecule has 2 rings (SSSR count). The van der Waals surface area contributed by atoms with E-state index in [-0.39, 0.29) is 13.2 Å². The Morgan fingerprint density at radius 1 is 1.10 bits per heavy atom. The molecule has 2 amide bonds. The van der Waals surface area contributed by atoms with Gasteiger partial charge in [-0.2, -0.15) is 13.2 Å². The van der Waals surface area contributed by atoms with E-state index in [1.54, 1.807) is 18.2 Å². The number of amides is 2. The molecule has 2 N–H and O–H groups in total. The first-order valence-corrected chi connectivity index (χ1v) is 9.28. The van der Waals surface area contributed by atoms with Gasteiger partial charge in [0.25, 0.3) is 0 Å². The van der Waals surface area contributed by atoms with Gasteiger partial charge in [0.05, 0.1) is 31.9 Å². The van der Waals surface area contributed by atoms with Crippen LogP contribution in [0.4, 0.5) is 18.0 Å². The van der Waals surface area contributed by atoms with Crippen LogP contribution in [0, 0.1) is 0 Å². The predicted octanol–water partition coefficient (Wildman–Crippen LogP) is 4.30. The van der Waals surface area contributed by atoms with Crippen LogP contribution in [0.5, 0.6) is 11.5 Å². The molecule has 0 aliphatic rings. The average molecular weight is 426 g/mol. The molecule has 2 aromatic rings. The lowest BCUT2D eigenvalue weighted by Crippen LogP contribution is -2.39. The summed E-state index contributed by atoms with van der Waals surface area (Å²) in [6.45, 7) is 2.56. The van der Waals surface area contributed by atoms with Gasteiger partial charge in [0, 0.05) is 13.7 Å². The second-order valence-electron chi connectivity index (χ2n) is 6.38. The normalized spacial score (nSPS) is 12.2. The Labute approximate surface area is 173 Å². The van der Waals surface area contributed by atoms with Gasteiger partial charge < -0.3 is 24.8 Å². The largest absolute Gasteiger partial charge is 0.493 e. The summed E-state index contributed by atoms with van der Waals surface area (Å²) in [5.74, 6) is 1.13. The van der Waals surface area contributed by atoms with Crippen molar-refractivity contribution in [1.29, 1.82) is 0 Å². The lowest BCUT2D eigenvalue weighted by atomic mass is 10.0. The summed E-state index contributed by atoms with van der Waals surface area (Å²) in [6.07, 6.45) is -4.47. The van der Waals surface area contributed by atoms with Crippen molar-refractivity contribution in [2.75, 3.05) is 27.4 Å². The van der Waals surface area contributed by atoms with Crippen LogP contribution >= 0.6 is 0 Å². The Morgan fingerprint density at radius 2 is 1.87 bits per heavy atom. The number of methoxy groups -OCH3 is 2. The minimum absolute atomic E-state index is 0.0195. The zero-order valence-electron chi connectivity index (χ0n) is 17.0. The Morgan fingerprint density at radius 3 is 2.50 bits per heavy atom. The molecule has 0 aliphatic carbocycles. The number of halogens is 3. The van der Waals surface area contributed by atoms with Crippen LogP contribution in [-0.4, -0.2) is 33.5 Å². The molecule has 0 saturated heterocycles. The second-order valence-corrected chi connectivity index (χ2v) is 6.38. The maximum atomic E-state index is 13.0. The number of hydrogen-bond acceptors (Lipinski definition) is 4. The van der Waals surface area contributed by atoms with E-state index in [1.807, 2.05) is 6.92 Å². The SMILES string of the molecule is CCOc1ccc(CNC(=O)NC(COC)c2cccc(C(F)(F)F)c2)cc1OC. The summed E-state index contributed by atoms with van der Waals surface area (Å²) in [6, 6.07) is 8.78. The standard InChI is InChI=1S/C21H25F3N2O4/c1-4-30-18-9-8-14(10-19(18)29-3)12-25-20(27)26-17(13-28-2)15-6-5-7-16(11-15)21(22,23)24/h5-11,17H,4,12-13H2,1-3H3,(H2,25,26,27). The highest BCUT2D eigenvalue weighted by Gasteiger charge is 2.31. The van der Waals surface area contributed by atoms with Crippen LogP contribution in [0.15, 0.2) is 42.5 Å². The molecule has 30 heavy (non-hydrogen) atoms. The van der Waals surface area contributed by atoms with Gasteiger partial charge in [0.15, 0.2) is 11.5 Å². The molecule has 9 heteroatoms. The zero-order chi connectivity index (χ0) is 22.1. The number of nitrogens with one attached hydrogen (secondary N) is 2. The molecule has 1 atom stereocenters.